The van der Waals surface area contributed by atoms with E-state index < -0.39 is 6.92 Å². The van der Waals surface area contributed by atoms with Gasteiger partial charge in [-0.05, 0) is 34.0 Å². The summed E-state index contributed by atoms with van der Waals surface area (Å²) in [5.74, 6) is 0.900. The molecule has 2 nitrogen and oxygen atoms in total. The minimum atomic E-state index is -0.400. The molecule has 4 bridgehead atoms. The van der Waals surface area contributed by atoms with Crippen molar-refractivity contribution < 1.29 is 9.68 Å². The number of hydrogen-bond donors (Lipinski definition) is 1. The molecule has 0 unspecified atom stereocenters. The lowest BCUT2D eigenvalue weighted by Gasteiger charge is -2.36. The fourth-order valence-electron chi connectivity index (χ4n) is 2.62. The third-order valence-electron chi connectivity index (χ3n) is 3.46. The highest BCUT2D eigenvalue weighted by Gasteiger charge is 2.46. The first-order chi connectivity index (χ1) is 7.84. The monoisotopic (exact) mass is 206 g/mol. The van der Waals surface area contributed by atoms with E-state index in [1.807, 2.05) is 30.4 Å². The van der Waals surface area contributed by atoms with Gasteiger partial charge in [-0.2, -0.15) is 0 Å². The van der Waals surface area contributed by atoms with E-state index in [0.717, 1.165) is 27.6 Å². The van der Waals surface area contributed by atoms with Crippen LogP contribution in [0.3, 0.4) is 0 Å². The van der Waals surface area contributed by atoms with E-state index in [1.54, 1.807) is 0 Å². The molecule has 4 aliphatic heterocycles. The van der Waals surface area contributed by atoms with Crippen LogP contribution in [0.2, 0.25) is 0 Å². The molecule has 0 aliphatic carbocycles. The normalized spacial score (nSPS) is 19.7. The Hall–Kier alpha value is -1.67. The molecule has 4 aliphatic rings. The van der Waals surface area contributed by atoms with Crippen molar-refractivity contribution in [1.82, 2.24) is 0 Å². The summed E-state index contributed by atoms with van der Waals surface area (Å²) in [5.41, 5.74) is 4.32. The van der Waals surface area contributed by atoms with E-state index in [1.165, 1.54) is 0 Å². The predicted octanol–water partition coefficient (Wildman–Crippen LogP) is 0.685. The van der Waals surface area contributed by atoms with Crippen LogP contribution in [0.1, 0.15) is 0 Å². The smallest absolute Gasteiger partial charge is 0.425 e. The van der Waals surface area contributed by atoms with Crippen LogP contribution in [0.4, 0.5) is 0 Å². The van der Waals surface area contributed by atoms with Gasteiger partial charge in [0.1, 0.15) is 0 Å². The van der Waals surface area contributed by atoms with Gasteiger partial charge in [0.05, 0.1) is 5.75 Å². The molecule has 0 fully saturated rings. The molecule has 4 heterocycles. The molecule has 1 aromatic rings. The number of rotatable bonds is 1. The molecule has 0 aromatic heterocycles. The van der Waals surface area contributed by atoms with Crippen molar-refractivity contribution in [2.24, 2.45) is 0 Å². The van der Waals surface area contributed by atoms with Crippen molar-refractivity contribution >= 4 is 19.3 Å². The van der Waals surface area contributed by atoms with Crippen LogP contribution in [-0.4, -0.2) is 18.9 Å². The first-order valence-corrected chi connectivity index (χ1v) is 5.42. The molecule has 1 aromatic carbocycles. The second-order valence-corrected chi connectivity index (χ2v) is 4.32. The Balaban J connectivity index is 1.85. The standard InChI is InChI=1S/C12H8B2O2/c15-13-10-2-1-3-11(13)12(10)14-8-4-6-9(16-14)7-5-8/h1-7,15H. The van der Waals surface area contributed by atoms with Crippen molar-refractivity contribution in [3.05, 3.63) is 58.9 Å². The minimum Gasteiger partial charge on any atom is -0.551 e. The summed E-state index contributed by atoms with van der Waals surface area (Å²) in [7, 11) is 0. The fraction of sp³-hybridized carbons (Fsp3) is 0. The largest absolute Gasteiger partial charge is 0.551 e. The Labute approximate surface area is 94.2 Å². The van der Waals surface area contributed by atoms with Crippen LogP contribution >= 0.6 is 0 Å². The first kappa shape index (κ1) is 8.48. The summed E-state index contributed by atoms with van der Waals surface area (Å²) in [4.78, 5) is 0. The van der Waals surface area contributed by atoms with Crippen molar-refractivity contribution in [3.8, 4) is 5.75 Å². The maximum atomic E-state index is 9.81. The summed E-state index contributed by atoms with van der Waals surface area (Å²) in [5, 5.41) is 9.81. The summed E-state index contributed by atoms with van der Waals surface area (Å²) < 4.78 is 5.84. The molecular weight excluding hydrogens is 198 g/mol. The molecule has 0 saturated carbocycles. The predicted molar refractivity (Wildman–Crippen MR) is 64.7 cm³/mol. The molecule has 5 rings (SSSR count). The Bertz CT molecular complexity index is 569. The Morgan fingerprint density at radius 1 is 1.12 bits per heavy atom. The van der Waals surface area contributed by atoms with Crippen LogP contribution in [0.15, 0.2) is 58.9 Å². The second kappa shape index (κ2) is 2.71. The van der Waals surface area contributed by atoms with E-state index in [9.17, 15) is 5.02 Å². The highest BCUT2D eigenvalue weighted by atomic mass is 16.4. The van der Waals surface area contributed by atoms with Crippen molar-refractivity contribution in [3.63, 3.8) is 0 Å². The van der Waals surface area contributed by atoms with Crippen LogP contribution in [-0.2, 0) is 0 Å². The lowest BCUT2D eigenvalue weighted by Crippen LogP contribution is -2.50. The van der Waals surface area contributed by atoms with Gasteiger partial charge in [0.25, 0.3) is 0 Å². The van der Waals surface area contributed by atoms with Crippen LogP contribution in [0.25, 0.3) is 0 Å². The van der Waals surface area contributed by atoms with E-state index in [0.29, 0.717) is 0 Å². The van der Waals surface area contributed by atoms with E-state index in [-0.39, 0.29) is 6.92 Å². The third kappa shape index (κ3) is 0.883. The molecule has 0 saturated heterocycles. The molecule has 4 heteroatoms. The molecule has 74 valence electrons. The van der Waals surface area contributed by atoms with Crippen molar-refractivity contribution in [1.29, 1.82) is 0 Å². The molecule has 0 spiro atoms. The van der Waals surface area contributed by atoms with E-state index in [2.05, 4.69) is 12.1 Å². The van der Waals surface area contributed by atoms with Gasteiger partial charge in [0.15, 0.2) is 0 Å². The van der Waals surface area contributed by atoms with Crippen molar-refractivity contribution in [2.45, 2.75) is 0 Å². The third-order valence-corrected chi connectivity index (χ3v) is 3.46. The van der Waals surface area contributed by atoms with Gasteiger partial charge in [0.2, 0.25) is 0 Å². The number of benzene rings is 1. The van der Waals surface area contributed by atoms with Crippen LogP contribution in [0, 0.1) is 0 Å². The average Bonchev–Trinajstić information content (AvgIpc) is 2.39. The number of allylic oxidation sites excluding steroid dienone is 6. The second-order valence-electron chi connectivity index (χ2n) is 4.32. The lowest BCUT2D eigenvalue weighted by molar-refractivity contribution is 0.570. The molecule has 16 heavy (non-hydrogen) atoms. The minimum absolute atomic E-state index is 0.0143. The van der Waals surface area contributed by atoms with E-state index in [4.69, 9.17) is 4.65 Å². The maximum absolute atomic E-state index is 9.81. The Morgan fingerprint density at radius 2 is 1.94 bits per heavy atom. The number of fused-ring (bicyclic) bond motifs is 5. The van der Waals surface area contributed by atoms with Gasteiger partial charge in [-0.3, -0.25) is 0 Å². The van der Waals surface area contributed by atoms with Gasteiger partial charge in [-0.1, -0.05) is 30.4 Å². The Morgan fingerprint density at radius 3 is 2.44 bits per heavy atom. The van der Waals surface area contributed by atoms with E-state index >= 15 is 0 Å². The summed E-state index contributed by atoms with van der Waals surface area (Å²) in [6.45, 7) is -0.415. The zero-order chi connectivity index (χ0) is 10.7. The summed E-state index contributed by atoms with van der Waals surface area (Å²) >= 11 is 0. The number of hydrogen-bond acceptors (Lipinski definition) is 2. The van der Waals surface area contributed by atoms with Gasteiger partial charge in [-0.25, -0.2) is 0 Å². The molecular formula is C12H8B2O2. The molecule has 0 atom stereocenters. The average molecular weight is 206 g/mol. The molecule has 0 radical (unpaired) electrons. The van der Waals surface area contributed by atoms with Gasteiger partial charge >= 0.3 is 13.8 Å². The van der Waals surface area contributed by atoms with Crippen LogP contribution in [0.5, 0.6) is 5.75 Å². The fourth-order valence-corrected chi connectivity index (χ4v) is 2.62. The quantitative estimate of drug-likeness (QED) is 0.684. The summed E-state index contributed by atoms with van der Waals surface area (Å²) in [6.07, 6.45) is 5.92. The van der Waals surface area contributed by atoms with Gasteiger partial charge in [-0.15, -0.1) is 0 Å². The zero-order valence-electron chi connectivity index (χ0n) is 8.55. The summed E-state index contributed by atoms with van der Waals surface area (Å²) in [6, 6.07) is 8.13. The van der Waals surface area contributed by atoms with Gasteiger partial charge in [0, 0.05) is 0 Å². The topological polar surface area (TPSA) is 29.5 Å². The highest BCUT2D eigenvalue weighted by Crippen LogP contribution is 2.38. The van der Waals surface area contributed by atoms with Crippen molar-refractivity contribution in [2.75, 3.05) is 0 Å². The maximum Gasteiger partial charge on any atom is 0.425 e. The SMILES string of the molecule is OB1c2cccc1c2B1Oc2ccc1cc2. The Kier molecular flexibility index (Phi) is 1.44. The molecule has 1 N–H and O–H groups in total. The zero-order valence-corrected chi connectivity index (χ0v) is 8.55. The van der Waals surface area contributed by atoms with Crippen LogP contribution < -0.4 is 10.1 Å². The highest BCUT2D eigenvalue weighted by molar-refractivity contribution is 6.88. The lowest BCUT2D eigenvalue weighted by atomic mass is 9.29. The molecule has 0 amide bonds. The van der Waals surface area contributed by atoms with Gasteiger partial charge < -0.3 is 9.68 Å². The first-order valence-electron chi connectivity index (χ1n) is 5.42.